The molecule has 0 bridgehead atoms. The summed E-state index contributed by atoms with van der Waals surface area (Å²) in [5, 5.41) is 3.76. The largest absolute Gasteiger partial charge is 0.300 e. The number of nitrogens with zero attached hydrogens (tertiary/aromatic N) is 2. The van der Waals surface area contributed by atoms with Gasteiger partial charge in [0.25, 0.3) is 0 Å². The molecule has 1 saturated carbocycles. The second-order valence-electron chi connectivity index (χ2n) is 7.28. The van der Waals surface area contributed by atoms with Crippen molar-refractivity contribution in [3.05, 3.63) is 22.1 Å². The summed E-state index contributed by atoms with van der Waals surface area (Å²) < 4.78 is 0. The Bertz CT molecular complexity index is 746. The van der Waals surface area contributed by atoms with Crippen molar-refractivity contribution < 1.29 is 9.59 Å². The predicted octanol–water partition coefficient (Wildman–Crippen LogP) is 6.43. The first kappa shape index (κ1) is 20.3. The first-order chi connectivity index (χ1) is 13.2. The average molecular weight is 405 g/mol. The molecule has 0 saturated heterocycles. The van der Waals surface area contributed by atoms with Crippen molar-refractivity contribution in [3.63, 3.8) is 0 Å². The van der Waals surface area contributed by atoms with Crippen LogP contribution in [0.1, 0.15) is 98.8 Å². The van der Waals surface area contributed by atoms with E-state index in [4.69, 9.17) is 4.98 Å². The van der Waals surface area contributed by atoms with Crippen molar-refractivity contribution in [2.75, 3.05) is 0 Å². The van der Waals surface area contributed by atoms with Crippen LogP contribution in [0.5, 0.6) is 0 Å². The molecule has 1 fully saturated rings. The molecule has 4 nitrogen and oxygen atoms in total. The van der Waals surface area contributed by atoms with E-state index in [0.29, 0.717) is 36.7 Å². The molecule has 2 heterocycles. The lowest BCUT2D eigenvalue weighted by Gasteiger charge is -2.20. The lowest BCUT2D eigenvalue weighted by Crippen LogP contribution is -2.09. The molecule has 2 aromatic heterocycles. The zero-order chi connectivity index (χ0) is 19.1. The fourth-order valence-corrected chi connectivity index (χ4v) is 5.61. The molecule has 0 unspecified atom stereocenters. The first-order valence-electron chi connectivity index (χ1n) is 10.1. The van der Waals surface area contributed by atoms with Crippen molar-refractivity contribution in [3.8, 4) is 10.0 Å². The van der Waals surface area contributed by atoms with Crippen molar-refractivity contribution >= 4 is 34.2 Å². The number of unbranched alkanes of at least 4 members (excludes halogenated alkanes) is 2. The van der Waals surface area contributed by atoms with E-state index < -0.39 is 0 Å². The fraction of sp³-hybridized carbons (Fsp3) is 0.619. The molecule has 0 aliphatic heterocycles. The Balaban J connectivity index is 1.66. The average Bonchev–Trinajstić information content (AvgIpc) is 3.37. The van der Waals surface area contributed by atoms with Crippen LogP contribution >= 0.6 is 22.7 Å². The summed E-state index contributed by atoms with van der Waals surface area (Å²) in [4.78, 5) is 34.6. The van der Waals surface area contributed by atoms with Crippen LogP contribution in [0, 0.1) is 0 Å². The fourth-order valence-electron chi connectivity index (χ4n) is 3.67. The zero-order valence-electron chi connectivity index (χ0n) is 16.0. The molecule has 0 aromatic carbocycles. The van der Waals surface area contributed by atoms with Gasteiger partial charge in [-0.05, 0) is 31.6 Å². The van der Waals surface area contributed by atoms with Crippen LogP contribution in [0.15, 0.2) is 11.6 Å². The summed E-state index contributed by atoms with van der Waals surface area (Å²) in [6.45, 7) is 1.90. The minimum absolute atomic E-state index is 0.163. The molecule has 0 N–H and O–H groups in total. The van der Waals surface area contributed by atoms with Gasteiger partial charge in [0, 0.05) is 35.7 Å². The maximum Gasteiger partial charge on any atom is 0.182 e. The molecular weight excluding hydrogens is 376 g/mol. The highest BCUT2D eigenvalue weighted by Crippen LogP contribution is 2.41. The predicted molar refractivity (Wildman–Crippen MR) is 112 cm³/mol. The minimum Gasteiger partial charge on any atom is -0.300 e. The summed E-state index contributed by atoms with van der Waals surface area (Å²) in [7, 11) is 0. The Kier molecular flexibility index (Phi) is 7.70. The number of ketones is 2. The van der Waals surface area contributed by atoms with Crippen LogP contribution in [0.25, 0.3) is 10.0 Å². The van der Waals surface area contributed by atoms with Gasteiger partial charge in [-0.25, -0.2) is 9.97 Å². The van der Waals surface area contributed by atoms with E-state index in [1.807, 2.05) is 12.3 Å². The molecule has 146 valence electrons. The number of hydrogen-bond donors (Lipinski definition) is 0. The second kappa shape index (κ2) is 10.2. The van der Waals surface area contributed by atoms with E-state index in [2.05, 4.69) is 4.98 Å². The maximum absolute atomic E-state index is 12.9. The number of aromatic nitrogens is 2. The molecule has 1 aliphatic rings. The number of Topliss-reactive ketones (excluding diaryl/α,β-unsaturated/α-hetero) is 2. The van der Waals surface area contributed by atoms with Crippen LogP contribution in [0.3, 0.4) is 0 Å². The molecule has 3 rings (SSSR count). The Morgan fingerprint density at radius 1 is 1.07 bits per heavy atom. The summed E-state index contributed by atoms with van der Waals surface area (Å²) in [5.74, 6) is 0.955. The SMILES string of the molecule is CCC(=O)CCCCCC(=O)c1nc(-c2nccs2)sc1C1CCCCC1. The van der Waals surface area contributed by atoms with Crippen LogP contribution < -0.4 is 0 Å². The number of carbonyl (C=O) groups is 2. The van der Waals surface area contributed by atoms with Gasteiger partial charge in [0.2, 0.25) is 0 Å². The summed E-state index contributed by atoms with van der Waals surface area (Å²) in [6.07, 6.45) is 12.3. The number of carbonyl (C=O) groups excluding carboxylic acids is 2. The van der Waals surface area contributed by atoms with Gasteiger partial charge in [-0.2, -0.15) is 0 Å². The smallest absolute Gasteiger partial charge is 0.182 e. The van der Waals surface area contributed by atoms with Crippen molar-refractivity contribution in [2.24, 2.45) is 0 Å². The first-order valence-corrected chi connectivity index (χ1v) is 11.8. The van der Waals surface area contributed by atoms with E-state index >= 15 is 0 Å². The van der Waals surface area contributed by atoms with Gasteiger partial charge in [-0.3, -0.25) is 9.59 Å². The highest BCUT2D eigenvalue weighted by atomic mass is 32.1. The summed E-state index contributed by atoms with van der Waals surface area (Å²) in [5.41, 5.74) is 0.696. The van der Waals surface area contributed by atoms with E-state index in [-0.39, 0.29) is 5.78 Å². The molecule has 0 spiro atoms. The molecule has 0 radical (unpaired) electrons. The summed E-state index contributed by atoms with van der Waals surface area (Å²) >= 11 is 3.25. The van der Waals surface area contributed by atoms with Gasteiger partial charge < -0.3 is 0 Å². The Morgan fingerprint density at radius 2 is 1.85 bits per heavy atom. The highest BCUT2D eigenvalue weighted by Gasteiger charge is 2.26. The Labute approximate surface area is 169 Å². The van der Waals surface area contributed by atoms with E-state index in [0.717, 1.165) is 29.3 Å². The molecule has 0 amide bonds. The monoisotopic (exact) mass is 404 g/mol. The quantitative estimate of drug-likeness (QED) is 0.338. The molecule has 2 aromatic rings. The van der Waals surface area contributed by atoms with Gasteiger partial charge in [0.15, 0.2) is 15.8 Å². The normalized spacial score (nSPS) is 15.1. The zero-order valence-corrected chi connectivity index (χ0v) is 17.7. The number of thiazole rings is 2. The molecule has 0 atom stereocenters. The minimum atomic E-state index is 0.163. The lowest BCUT2D eigenvalue weighted by molar-refractivity contribution is -0.118. The van der Waals surface area contributed by atoms with Crippen molar-refractivity contribution in [1.82, 2.24) is 9.97 Å². The summed E-state index contributed by atoms with van der Waals surface area (Å²) in [6, 6.07) is 0. The number of rotatable bonds is 10. The second-order valence-corrected chi connectivity index (χ2v) is 9.21. The van der Waals surface area contributed by atoms with E-state index in [1.54, 1.807) is 28.9 Å². The third-order valence-corrected chi connectivity index (χ3v) is 7.40. The van der Waals surface area contributed by atoms with E-state index in [1.165, 1.54) is 37.0 Å². The molecular formula is C21H28N2O2S2. The Morgan fingerprint density at radius 3 is 2.56 bits per heavy atom. The van der Waals surface area contributed by atoms with Gasteiger partial charge in [0.05, 0.1) is 0 Å². The lowest BCUT2D eigenvalue weighted by atomic mass is 9.87. The third kappa shape index (κ3) is 5.55. The van der Waals surface area contributed by atoms with Gasteiger partial charge in [0.1, 0.15) is 11.5 Å². The molecule has 6 heteroatoms. The standard InChI is InChI=1S/C21H28N2O2S2/c1-2-16(24)11-7-4-8-12-17(25)18-19(15-9-5-3-6-10-15)27-21(23-18)20-22-13-14-26-20/h13-15H,2-12H2,1H3. The van der Waals surface area contributed by atoms with Gasteiger partial charge in [-0.1, -0.05) is 32.6 Å². The topological polar surface area (TPSA) is 59.9 Å². The van der Waals surface area contributed by atoms with E-state index in [9.17, 15) is 9.59 Å². The number of hydrogen-bond acceptors (Lipinski definition) is 6. The van der Waals surface area contributed by atoms with Crippen molar-refractivity contribution in [2.45, 2.75) is 83.5 Å². The third-order valence-electron chi connectivity index (χ3n) is 5.26. The molecule has 1 aliphatic carbocycles. The van der Waals surface area contributed by atoms with Crippen LogP contribution in [0.4, 0.5) is 0 Å². The Hall–Kier alpha value is -1.40. The van der Waals surface area contributed by atoms with Gasteiger partial charge >= 0.3 is 0 Å². The van der Waals surface area contributed by atoms with Crippen LogP contribution in [-0.4, -0.2) is 21.5 Å². The highest BCUT2D eigenvalue weighted by molar-refractivity contribution is 7.20. The van der Waals surface area contributed by atoms with Crippen LogP contribution in [-0.2, 0) is 4.79 Å². The molecule has 27 heavy (non-hydrogen) atoms. The maximum atomic E-state index is 12.9. The van der Waals surface area contributed by atoms with Gasteiger partial charge in [-0.15, -0.1) is 22.7 Å². The van der Waals surface area contributed by atoms with Crippen LogP contribution in [0.2, 0.25) is 0 Å². The van der Waals surface area contributed by atoms with Crippen molar-refractivity contribution in [1.29, 1.82) is 0 Å².